The second kappa shape index (κ2) is 11.4. The summed E-state index contributed by atoms with van der Waals surface area (Å²) in [5.74, 6) is 0.483. The molecule has 0 aromatic rings. The topological polar surface area (TPSA) is 94.5 Å². The van der Waals surface area contributed by atoms with Gasteiger partial charge in [-0.2, -0.15) is 4.31 Å². The number of nitrogens with one attached hydrogen (secondary N) is 1. The van der Waals surface area contributed by atoms with Crippen LogP contribution in [0.3, 0.4) is 0 Å². The first-order valence-corrected chi connectivity index (χ1v) is 11.1. The lowest BCUT2D eigenvalue weighted by Crippen LogP contribution is -2.54. The molecule has 0 saturated carbocycles. The van der Waals surface area contributed by atoms with Gasteiger partial charge < -0.3 is 19.9 Å². The monoisotopic (exact) mass is 417 g/mol. The number of sulfonamides is 1. The average Bonchev–Trinajstić information content (AvgIpc) is 2.60. The molecule has 1 fully saturated rings. The van der Waals surface area contributed by atoms with Crippen molar-refractivity contribution in [2.45, 2.75) is 26.9 Å². The molecule has 1 aliphatic rings. The Morgan fingerprint density at radius 1 is 1.25 bits per heavy atom. The van der Waals surface area contributed by atoms with Gasteiger partial charge in [-0.15, -0.1) is 0 Å². The largest absolute Gasteiger partial charge is 0.378 e. The van der Waals surface area contributed by atoms with Crippen LogP contribution in [0, 0.1) is 0 Å². The van der Waals surface area contributed by atoms with Gasteiger partial charge in [-0.1, -0.05) is 12.2 Å². The molecular weight excluding hydrogens is 382 g/mol. The Morgan fingerprint density at radius 2 is 1.86 bits per heavy atom. The Labute approximate surface area is 169 Å². The van der Waals surface area contributed by atoms with Crippen LogP contribution < -0.4 is 5.32 Å². The average molecular weight is 418 g/mol. The number of aliphatic imine (C=N–C) groups is 1. The quantitative estimate of drug-likeness (QED) is 0.322. The van der Waals surface area contributed by atoms with Crippen LogP contribution in [0.25, 0.3) is 0 Å². The van der Waals surface area contributed by atoms with Gasteiger partial charge in [-0.3, -0.25) is 4.79 Å². The van der Waals surface area contributed by atoms with Crippen molar-refractivity contribution in [3.63, 3.8) is 0 Å². The fourth-order valence-corrected chi connectivity index (χ4v) is 3.76. The first-order chi connectivity index (χ1) is 13.0. The Hall–Kier alpha value is -1.65. The van der Waals surface area contributed by atoms with Gasteiger partial charge in [0.25, 0.3) is 0 Å². The van der Waals surface area contributed by atoms with Gasteiger partial charge in [-0.25, -0.2) is 13.4 Å². The number of hydrogen-bond acceptors (Lipinski definition) is 5. The fourth-order valence-electron chi connectivity index (χ4n) is 2.48. The smallest absolute Gasteiger partial charge is 0.243 e. The molecule has 10 heteroatoms. The van der Waals surface area contributed by atoms with Gasteiger partial charge in [-0.05, 0) is 20.8 Å². The normalized spacial score (nSPS) is 16.4. The minimum Gasteiger partial charge on any atom is -0.378 e. The lowest BCUT2D eigenvalue weighted by molar-refractivity contribution is -0.127. The Bertz CT molecular complexity index is 653. The highest BCUT2D eigenvalue weighted by atomic mass is 32.2. The second-order valence-electron chi connectivity index (χ2n) is 7.36. The van der Waals surface area contributed by atoms with Gasteiger partial charge >= 0.3 is 0 Å². The second-order valence-corrected chi connectivity index (χ2v) is 9.45. The SMILES string of the molecule is C=C(C)CNC(=NCC(=O)N(C)C)N1CCN(S(=O)(=O)CCOC(C)C)CC1. The minimum absolute atomic E-state index is 0.00934. The van der Waals surface area contributed by atoms with Crippen LogP contribution in [0.2, 0.25) is 0 Å². The Balaban J connectivity index is 2.69. The molecule has 9 nitrogen and oxygen atoms in total. The number of ether oxygens (including phenoxy) is 1. The van der Waals surface area contributed by atoms with Gasteiger partial charge in [0.15, 0.2) is 5.96 Å². The van der Waals surface area contributed by atoms with E-state index in [2.05, 4.69) is 16.9 Å². The molecule has 1 N–H and O–H groups in total. The maximum absolute atomic E-state index is 12.5. The van der Waals surface area contributed by atoms with Crippen molar-refractivity contribution in [2.75, 3.05) is 65.7 Å². The molecule has 0 spiro atoms. The molecule has 1 rings (SSSR count). The third kappa shape index (κ3) is 8.57. The highest BCUT2D eigenvalue weighted by molar-refractivity contribution is 7.89. The molecule has 162 valence electrons. The third-order valence-electron chi connectivity index (χ3n) is 4.14. The van der Waals surface area contributed by atoms with E-state index in [4.69, 9.17) is 4.74 Å². The zero-order chi connectivity index (χ0) is 21.3. The van der Waals surface area contributed by atoms with Crippen LogP contribution in [0.4, 0.5) is 0 Å². The summed E-state index contributed by atoms with van der Waals surface area (Å²) in [5.41, 5.74) is 0.943. The summed E-state index contributed by atoms with van der Waals surface area (Å²) in [6.45, 7) is 12.1. The van der Waals surface area contributed by atoms with Crippen molar-refractivity contribution in [3.8, 4) is 0 Å². The molecule has 0 radical (unpaired) electrons. The zero-order valence-corrected chi connectivity index (χ0v) is 18.6. The predicted molar refractivity (Wildman–Crippen MR) is 112 cm³/mol. The molecule has 0 aromatic heterocycles. The molecule has 0 unspecified atom stereocenters. The molecule has 0 bridgehead atoms. The molecule has 1 amide bonds. The molecule has 1 heterocycles. The maximum atomic E-state index is 12.5. The van der Waals surface area contributed by atoms with E-state index in [1.807, 2.05) is 25.7 Å². The summed E-state index contributed by atoms with van der Waals surface area (Å²) < 4.78 is 31.8. The highest BCUT2D eigenvalue weighted by Gasteiger charge is 2.28. The lowest BCUT2D eigenvalue weighted by Gasteiger charge is -2.36. The molecule has 0 aliphatic carbocycles. The fraction of sp³-hybridized carbons (Fsp3) is 0.778. The van der Waals surface area contributed by atoms with Crippen LogP contribution in [0.5, 0.6) is 0 Å². The first-order valence-electron chi connectivity index (χ1n) is 9.50. The summed E-state index contributed by atoms with van der Waals surface area (Å²) in [6.07, 6.45) is 0.00934. The number of likely N-dealkylation sites (N-methyl/N-ethyl adjacent to an activating group) is 1. The van der Waals surface area contributed by atoms with Gasteiger partial charge in [0.1, 0.15) is 6.54 Å². The standard InChI is InChI=1S/C18H35N5O4S/c1-15(2)13-19-18(20-14-17(24)21(5)6)22-7-9-23(10-8-22)28(25,26)12-11-27-16(3)4/h16H,1,7-14H2,2-6H3,(H,19,20). The van der Waals surface area contributed by atoms with Crippen LogP contribution >= 0.6 is 0 Å². The number of guanidine groups is 1. The first kappa shape index (κ1) is 24.4. The third-order valence-corrected chi connectivity index (χ3v) is 5.97. The number of hydrogen-bond donors (Lipinski definition) is 1. The van der Waals surface area contributed by atoms with Crippen LogP contribution in [-0.2, 0) is 19.6 Å². The van der Waals surface area contributed by atoms with Crippen molar-refractivity contribution in [2.24, 2.45) is 4.99 Å². The number of rotatable bonds is 9. The van der Waals surface area contributed by atoms with Crippen LogP contribution in [0.1, 0.15) is 20.8 Å². The molecule has 28 heavy (non-hydrogen) atoms. The molecule has 1 aliphatic heterocycles. The van der Waals surface area contributed by atoms with E-state index < -0.39 is 10.0 Å². The van der Waals surface area contributed by atoms with E-state index in [9.17, 15) is 13.2 Å². The summed E-state index contributed by atoms with van der Waals surface area (Å²) in [4.78, 5) is 19.7. The van der Waals surface area contributed by atoms with E-state index in [0.717, 1.165) is 5.57 Å². The van der Waals surface area contributed by atoms with Crippen molar-refractivity contribution >= 4 is 21.9 Å². The number of nitrogens with zero attached hydrogens (tertiary/aromatic N) is 4. The number of carbonyl (C=O) groups excluding carboxylic acids is 1. The van der Waals surface area contributed by atoms with Gasteiger partial charge in [0, 0.05) is 46.8 Å². The minimum atomic E-state index is -3.34. The van der Waals surface area contributed by atoms with E-state index in [-0.39, 0.29) is 30.9 Å². The van der Waals surface area contributed by atoms with Crippen molar-refractivity contribution in [3.05, 3.63) is 12.2 Å². The van der Waals surface area contributed by atoms with E-state index in [1.54, 1.807) is 14.1 Å². The predicted octanol–water partition coefficient (Wildman–Crippen LogP) is -0.0313. The van der Waals surface area contributed by atoms with Crippen LogP contribution in [-0.4, -0.2) is 106 Å². The van der Waals surface area contributed by atoms with E-state index in [1.165, 1.54) is 9.21 Å². The molecule has 0 aromatic carbocycles. The van der Waals surface area contributed by atoms with E-state index >= 15 is 0 Å². The zero-order valence-electron chi connectivity index (χ0n) is 17.8. The maximum Gasteiger partial charge on any atom is 0.243 e. The molecular formula is C18H35N5O4S. The molecule has 1 saturated heterocycles. The Kier molecular flexibility index (Phi) is 9.91. The highest BCUT2D eigenvalue weighted by Crippen LogP contribution is 2.09. The summed E-state index contributed by atoms with van der Waals surface area (Å²) in [5, 5.41) is 3.20. The summed E-state index contributed by atoms with van der Waals surface area (Å²) in [6, 6.07) is 0. The molecule has 0 atom stereocenters. The Morgan fingerprint density at radius 3 is 2.36 bits per heavy atom. The number of carbonyl (C=O) groups is 1. The van der Waals surface area contributed by atoms with Crippen molar-refractivity contribution in [1.29, 1.82) is 0 Å². The van der Waals surface area contributed by atoms with Crippen molar-refractivity contribution in [1.82, 2.24) is 19.4 Å². The van der Waals surface area contributed by atoms with E-state index in [0.29, 0.717) is 38.7 Å². The number of piperazine rings is 1. The summed E-state index contributed by atoms with van der Waals surface area (Å²) in [7, 11) is 0.0277. The van der Waals surface area contributed by atoms with Gasteiger partial charge in [0.05, 0.1) is 18.5 Å². The number of amides is 1. The van der Waals surface area contributed by atoms with Crippen molar-refractivity contribution < 1.29 is 17.9 Å². The van der Waals surface area contributed by atoms with Crippen LogP contribution in [0.15, 0.2) is 17.1 Å². The lowest BCUT2D eigenvalue weighted by atomic mass is 10.3. The van der Waals surface area contributed by atoms with Gasteiger partial charge in [0.2, 0.25) is 15.9 Å². The summed E-state index contributed by atoms with van der Waals surface area (Å²) >= 11 is 0.